The van der Waals surface area contributed by atoms with Gasteiger partial charge in [-0.3, -0.25) is 14.4 Å². The van der Waals surface area contributed by atoms with Gasteiger partial charge in [-0.2, -0.15) is 0 Å². The van der Waals surface area contributed by atoms with Crippen LogP contribution in [0.2, 0.25) is 0 Å². The maximum Gasteiger partial charge on any atom is 0.541 e. The molecule has 0 atom stereocenters. The van der Waals surface area contributed by atoms with E-state index >= 15 is 0 Å². The molecule has 0 radical (unpaired) electrons. The Labute approximate surface area is 108 Å². The monoisotopic (exact) mass is 263 g/mol. The Balaban J connectivity index is 0. The van der Waals surface area contributed by atoms with Crippen LogP contribution in [0.1, 0.15) is 20.8 Å². The molecule has 0 aliphatic carbocycles. The minimum atomic E-state index is -2.41. The largest absolute Gasteiger partial charge is 0.625 e. The van der Waals surface area contributed by atoms with Crippen molar-refractivity contribution in [3.8, 4) is 0 Å². The van der Waals surface area contributed by atoms with Crippen LogP contribution >= 0.6 is 0 Å². The molecule has 7 nitrogen and oxygen atoms in total. The summed E-state index contributed by atoms with van der Waals surface area (Å²) >= 11 is 0. The van der Waals surface area contributed by atoms with Gasteiger partial charge < -0.3 is 18.4 Å². The van der Waals surface area contributed by atoms with Crippen molar-refractivity contribution >= 4 is 25.2 Å². The van der Waals surface area contributed by atoms with Gasteiger partial charge in [0.25, 0.3) is 17.9 Å². The van der Waals surface area contributed by atoms with Gasteiger partial charge in [-0.15, -0.1) is 0 Å². The molecule has 0 unspecified atom stereocenters. The highest BCUT2D eigenvalue weighted by atomic mass is 16.8. The molecule has 8 heteroatoms. The van der Waals surface area contributed by atoms with Crippen LogP contribution in [0.15, 0.2) is 0 Å². The average molecular weight is 263 g/mol. The normalized spacial score (nSPS) is 10.0. The fourth-order valence-corrected chi connectivity index (χ4v) is 0.586. The molecular formula is C10H22BNO6. The zero-order valence-corrected chi connectivity index (χ0v) is 12.1. The first-order valence-corrected chi connectivity index (χ1v) is 5.38. The summed E-state index contributed by atoms with van der Waals surface area (Å²) < 4.78 is 14.3. The van der Waals surface area contributed by atoms with E-state index in [0.29, 0.717) is 0 Å². The number of carbonyl (C=O) groups is 3. The topological polar surface area (TPSA) is 78.9 Å². The Bertz CT molecular complexity index is 255. The van der Waals surface area contributed by atoms with Gasteiger partial charge in [0.15, 0.2) is 0 Å². The van der Waals surface area contributed by atoms with Gasteiger partial charge in [-0.25, -0.2) is 0 Å². The Morgan fingerprint density at radius 2 is 0.889 bits per heavy atom. The van der Waals surface area contributed by atoms with E-state index in [9.17, 15) is 14.4 Å². The molecule has 0 bridgehead atoms. The Morgan fingerprint density at radius 1 is 0.722 bits per heavy atom. The number of hydrogen-bond donors (Lipinski definition) is 0. The minimum absolute atomic E-state index is 0.678. The third-order valence-electron chi connectivity index (χ3n) is 0.963. The van der Waals surface area contributed by atoms with E-state index in [2.05, 4.69) is 42.2 Å². The Morgan fingerprint density at radius 3 is 1.00 bits per heavy atom. The number of nitrogens with zero attached hydrogens (tertiary/aromatic N) is 1. The van der Waals surface area contributed by atoms with Crippen molar-refractivity contribution in [3.05, 3.63) is 0 Å². The van der Waals surface area contributed by atoms with Crippen LogP contribution in [0.4, 0.5) is 0 Å². The van der Waals surface area contributed by atoms with Crippen LogP contribution in [0, 0.1) is 0 Å². The summed E-state index contributed by atoms with van der Waals surface area (Å²) in [6.07, 6.45) is 0. The highest BCUT2D eigenvalue weighted by molar-refractivity contribution is 6.43. The van der Waals surface area contributed by atoms with Crippen LogP contribution in [-0.2, 0) is 28.3 Å². The van der Waals surface area contributed by atoms with E-state index < -0.39 is 25.2 Å². The third-order valence-corrected chi connectivity index (χ3v) is 0.963. The lowest BCUT2D eigenvalue weighted by Gasteiger charge is -2.25. The molecule has 0 saturated heterocycles. The van der Waals surface area contributed by atoms with Crippen LogP contribution in [-0.4, -0.2) is 57.9 Å². The van der Waals surface area contributed by atoms with Crippen LogP contribution in [0.5, 0.6) is 0 Å². The van der Waals surface area contributed by atoms with Gasteiger partial charge in [0.1, 0.15) is 0 Å². The van der Waals surface area contributed by atoms with Crippen molar-refractivity contribution in [1.29, 1.82) is 0 Å². The van der Waals surface area contributed by atoms with Gasteiger partial charge >= 0.3 is 7.32 Å². The number of hydrogen-bond acceptors (Lipinski definition) is 6. The highest BCUT2D eigenvalue weighted by Gasteiger charge is 2.13. The Hall–Kier alpha value is -1.57. The van der Waals surface area contributed by atoms with Crippen LogP contribution in [0.25, 0.3) is 0 Å². The van der Waals surface area contributed by atoms with Gasteiger partial charge in [-0.05, 0) is 0 Å². The number of rotatable bonds is 3. The van der Waals surface area contributed by atoms with Crippen molar-refractivity contribution in [2.24, 2.45) is 0 Å². The maximum atomic E-state index is 10.4. The molecule has 0 fully saturated rings. The van der Waals surface area contributed by atoms with Gasteiger partial charge in [0.05, 0.1) is 28.2 Å². The number of quaternary nitrogens is 1. The summed E-state index contributed by atoms with van der Waals surface area (Å²) in [5, 5.41) is 0. The van der Waals surface area contributed by atoms with Crippen LogP contribution in [0.3, 0.4) is 0 Å². The Kier molecular flexibility index (Phi) is 8.89. The van der Waals surface area contributed by atoms with Gasteiger partial charge in [0.2, 0.25) is 0 Å². The average Bonchev–Trinajstić information content (AvgIpc) is 1.94. The van der Waals surface area contributed by atoms with Crippen molar-refractivity contribution in [2.75, 3.05) is 28.2 Å². The zero-order chi connectivity index (χ0) is 14.9. The van der Waals surface area contributed by atoms with E-state index in [1.165, 1.54) is 0 Å². The molecular weight excluding hydrogens is 241 g/mol. The lowest BCUT2D eigenvalue weighted by atomic mass is 10.2. The summed E-state index contributed by atoms with van der Waals surface area (Å²) in [7, 11) is 6.09. The molecule has 0 aromatic heterocycles. The van der Waals surface area contributed by atoms with Crippen molar-refractivity contribution in [3.63, 3.8) is 0 Å². The zero-order valence-electron chi connectivity index (χ0n) is 12.1. The van der Waals surface area contributed by atoms with Gasteiger partial charge in [-0.1, -0.05) is 0 Å². The predicted octanol–water partition coefficient (Wildman–Crippen LogP) is -0.285. The molecule has 106 valence electrons. The SMILES string of the molecule is CC(=O)O[BH-](OC(C)=O)OC(C)=O.C[N+](C)(C)C. The van der Waals surface area contributed by atoms with Crippen molar-refractivity contribution in [1.82, 2.24) is 0 Å². The second-order valence-electron chi connectivity index (χ2n) is 4.94. The molecule has 0 amide bonds. The van der Waals surface area contributed by atoms with Crippen molar-refractivity contribution < 1.29 is 32.8 Å². The van der Waals surface area contributed by atoms with E-state index in [-0.39, 0.29) is 0 Å². The van der Waals surface area contributed by atoms with E-state index in [1.54, 1.807) is 0 Å². The van der Waals surface area contributed by atoms with Crippen molar-refractivity contribution in [2.45, 2.75) is 20.8 Å². The molecule has 0 heterocycles. The summed E-state index contributed by atoms with van der Waals surface area (Å²) in [5.74, 6) is -2.03. The molecule has 0 spiro atoms. The van der Waals surface area contributed by atoms with E-state index in [1.807, 2.05) is 0 Å². The fourth-order valence-electron chi connectivity index (χ4n) is 0.586. The van der Waals surface area contributed by atoms with E-state index in [0.717, 1.165) is 25.3 Å². The first-order chi connectivity index (χ1) is 7.91. The molecule has 18 heavy (non-hydrogen) atoms. The molecule has 0 saturated carbocycles. The lowest BCUT2D eigenvalue weighted by Crippen LogP contribution is -2.32. The fraction of sp³-hybridized carbons (Fsp3) is 0.700. The molecule has 0 rings (SSSR count). The smallest absolute Gasteiger partial charge is 0.541 e. The summed E-state index contributed by atoms with van der Waals surface area (Å²) in [4.78, 5) is 31.3. The molecule has 0 aromatic carbocycles. The lowest BCUT2D eigenvalue weighted by molar-refractivity contribution is -0.849. The second-order valence-corrected chi connectivity index (χ2v) is 4.94. The second kappa shape index (κ2) is 8.51. The van der Waals surface area contributed by atoms with Crippen LogP contribution < -0.4 is 0 Å². The maximum absolute atomic E-state index is 10.4. The molecule has 0 N–H and O–H groups in total. The first kappa shape index (κ1) is 18.8. The third kappa shape index (κ3) is 23.9. The quantitative estimate of drug-likeness (QED) is 0.514. The molecule has 0 aromatic rings. The van der Waals surface area contributed by atoms with Gasteiger partial charge in [0, 0.05) is 20.8 Å². The summed E-state index contributed by atoms with van der Waals surface area (Å²) in [6.45, 7) is 3.35. The highest BCUT2D eigenvalue weighted by Crippen LogP contribution is 1.94. The predicted molar refractivity (Wildman–Crippen MR) is 66.4 cm³/mol. The summed E-state index contributed by atoms with van der Waals surface area (Å²) in [5.41, 5.74) is 0. The standard InChI is InChI=1S/C6H10BO6.C4H12N/c1-4(8)11-7(12-5(2)9)13-6(3)10;1-5(2,3)4/h7H,1-3H3;1-4H3/q-1;+1. The summed E-state index contributed by atoms with van der Waals surface area (Å²) in [6, 6.07) is 0. The first-order valence-electron chi connectivity index (χ1n) is 5.38. The molecule has 0 aliphatic rings. The minimum Gasteiger partial charge on any atom is -0.625 e. The molecule has 0 aliphatic heterocycles. The number of carbonyl (C=O) groups excluding carboxylic acids is 3. The van der Waals surface area contributed by atoms with E-state index in [4.69, 9.17) is 0 Å².